The standard InChI is InChI=1S/C31H40N10O7S2/c1-21-17-23(19-32)36-29(35-21)38-13-15-39(16-14-38)50(46,47)24-7-8-26-22(18-24)9-12-40(26)28(42)25-20-34-41(27(25)37-49(5,44)45)11-6-10-33-30(43)48-31(2,3)4/h7-8,17-18,20,37H,6,9-16H2,1-5H3,(H,33,43). The molecule has 2 N–H and O–H groups in total. The maximum absolute atomic E-state index is 13.8. The molecule has 17 nitrogen and oxygen atoms in total. The van der Waals surface area contributed by atoms with E-state index >= 15 is 0 Å². The first kappa shape index (κ1) is 36.5. The third kappa shape index (κ3) is 8.49. The molecule has 0 radical (unpaired) electrons. The van der Waals surface area contributed by atoms with Gasteiger partial charge in [0.1, 0.15) is 22.9 Å². The maximum atomic E-state index is 13.8. The molecule has 0 bridgehead atoms. The maximum Gasteiger partial charge on any atom is 0.407 e. The van der Waals surface area contributed by atoms with Gasteiger partial charge in [0.05, 0.1) is 17.3 Å². The molecule has 0 aliphatic carbocycles. The number of aromatic nitrogens is 4. The first-order chi connectivity index (χ1) is 23.4. The number of ether oxygens (including phenoxy) is 1. The lowest BCUT2D eigenvalue weighted by molar-refractivity contribution is 0.0526. The highest BCUT2D eigenvalue weighted by Crippen LogP contribution is 2.34. The highest BCUT2D eigenvalue weighted by atomic mass is 32.2. The van der Waals surface area contributed by atoms with Crippen LogP contribution < -0.4 is 19.8 Å². The molecule has 19 heteroatoms. The van der Waals surface area contributed by atoms with Crippen LogP contribution in [0.5, 0.6) is 0 Å². The summed E-state index contributed by atoms with van der Waals surface area (Å²) in [5, 5.41) is 16.1. The molecule has 1 aromatic carbocycles. The molecule has 3 aromatic rings. The number of hydrogen-bond acceptors (Lipinski definition) is 12. The highest BCUT2D eigenvalue weighted by Gasteiger charge is 2.34. The number of anilines is 3. The number of aryl methyl sites for hydroxylation is 2. The predicted octanol–water partition coefficient (Wildman–Crippen LogP) is 1.85. The lowest BCUT2D eigenvalue weighted by Gasteiger charge is -2.34. The zero-order valence-electron chi connectivity index (χ0n) is 28.5. The average molecular weight is 729 g/mol. The van der Waals surface area contributed by atoms with Gasteiger partial charge in [-0.25, -0.2) is 36.3 Å². The molecule has 1 fully saturated rings. The summed E-state index contributed by atoms with van der Waals surface area (Å²) in [5.74, 6) is -0.129. The zero-order chi connectivity index (χ0) is 36.4. The van der Waals surface area contributed by atoms with Crippen LogP contribution >= 0.6 is 0 Å². The Morgan fingerprint density at radius 3 is 2.42 bits per heavy atom. The number of carbonyl (C=O) groups is 2. The summed E-state index contributed by atoms with van der Waals surface area (Å²) in [4.78, 5) is 37.9. The van der Waals surface area contributed by atoms with E-state index in [0.717, 1.165) is 6.26 Å². The number of rotatable bonds is 10. The van der Waals surface area contributed by atoms with E-state index in [1.165, 1.54) is 26.2 Å². The molecule has 268 valence electrons. The van der Waals surface area contributed by atoms with E-state index in [4.69, 9.17) is 4.74 Å². The Balaban J connectivity index is 1.27. The van der Waals surface area contributed by atoms with Gasteiger partial charge >= 0.3 is 6.09 Å². The molecule has 2 amide bonds. The number of piperazine rings is 1. The number of nitrogens with zero attached hydrogens (tertiary/aromatic N) is 8. The number of alkyl carbamates (subject to hydrolysis) is 1. The van der Waals surface area contributed by atoms with E-state index in [9.17, 15) is 31.7 Å². The van der Waals surface area contributed by atoms with Gasteiger partial charge in [-0.2, -0.15) is 14.7 Å². The summed E-state index contributed by atoms with van der Waals surface area (Å²) in [7, 11) is -7.66. The van der Waals surface area contributed by atoms with E-state index in [1.54, 1.807) is 45.9 Å². The molecule has 2 aliphatic rings. The van der Waals surface area contributed by atoms with Crippen molar-refractivity contribution in [2.24, 2.45) is 0 Å². The smallest absolute Gasteiger partial charge is 0.407 e. The largest absolute Gasteiger partial charge is 0.444 e. The molecule has 4 heterocycles. The normalized spacial score (nSPS) is 15.4. The first-order valence-corrected chi connectivity index (χ1v) is 19.2. The van der Waals surface area contributed by atoms with Crippen LogP contribution in [0.1, 0.15) is 54.5 Å². The molecule has 1 saturated heterocycles. The van der Waals surface area contributed by atoms with Crippen LogP contribution in [-0.2, 0) is 37.7 Å². The summed E-state index contributed by atoms with van der Waals surface area (Å²) in [6, 6.07) is 8.23. The van der Waals surface area contributed by atoms with Crippen molar-refractivity contribution in [3.8, 4) is 6.07 Å². The molecule has 0 saturated carbocycles. The molecule has 0 unspecified atom stereocenters. The Labute approximate surface area is 291 Å². The Hall–Kier alpha value is -4.80. The third-order valence-corrected chi connectivity index (χ3v) is 10.3. The van der Waals surface area contributed by atoms with Gasteiger partial charge in [0.2, 0.25) is 26.0 Å². The van der Waals surface area contributed by atoms with Crippen LogP contribution in [0.4, 0.5) is 22.2 Å². The van der Waals surface area contributed by atoms with E-state index in [0.29, 0.717) is 48.8 Å². The summed E-state index contributed by atoms with van der Waals surface area (Å²) < 4.78 is 62.2. The monoisotopic (exact) mass is 728 g/mol. The molecular weight excluding hydrogens is 689 g/mol. The molecule has 0 atom stereocenters. The number of sulfonamides is 2. The molecular formula is C31H40N10O7S2. The van der Waals surface area contributed by atoms with Gasteiger partial charge in [-0.05, 0) is 70.4 Å². The third-order valence-electron chi connectivity index (χ3n) is 7.87. The second-order valence-corrected chi connectivity index (χ2v) is 16.7. The van der Waals surface area contributed by atoms with Crippen molar-refractivity contribution >= 4 is 49.5 Å². The van der Waals surface area contributed by atoms with Gasteiger partial charge in [-0.15, -0.1) is 0 Å². The zero-order valence-corrected chi connectivity index (χ0v) is 30.1. The second kappa shape index (κ2) is 14.2. The second-order valence-electron chi connectivity index (χ2n) is 13.0. The molecule has 2 aliphatic heterocycles. The number of fused-ring (bicyclic) bond motifs is 1. The van der Waals surface area contributed by atoms with Crippen molar-refractivity contribution in [2.75, 3.05) is 60.0 Å². The van der Waals surface area contributed by atoms with Gasteiger partial charge in [-0.3, -0.25) is 9.52 Å². The minimum absolute atomic E-state index is 0.0125. The van der Waals surface area contributed by atoms with Crippen LogP contribution in [0.15, 0.2) is 35.4 Å². The minimum Gasteiger partial charge on any atom is -0.444 e. The van der Waals surface area contributed by atoms with Crippen LogP contribution in [0, 0.1) is 18.3 Å². The number of nitriles is 1. The minimum atomic E-state index is -3.86. The summed E-state index contributed by atoms with van der Waals surface area (Å²) in [6.45, 7) is 8.75. The fourth-order valence-electron chi connectivity index (χ4n) is 5.65. The topological polar surface area (TPSA) is 213 Å². The van der Waals surface area contributed by atoms with Gasteiger partial charge in [0, 0.05) is 57.2 Å². The van der Waals surface area contributed by atoms with Crippen molar-refractivity contribution < 1.29 is 31.2 Å². The fraction of sp³-hybridized carbons (Fsp3) is 0.484. The number of benzene rings is 1. The van der Waals surface area contributed by atoms with Gasteiger partial charge in [0.25, 0.3) is 5.91 Å². The molecule has 0 spiro atoms. The Kier molecular flexibility index (Phi) is 10.4. The average Bonchev–Trinajstić information content (AvgIpc) is 3.64. The Bertz CT molecular complexity index is 2050. The lowest BCUT2D eigenvalue weighted by atomic mass is 10.2. The predicted molar refractivity (Wildman–Crippen MR) is 184 cm³/mol. The fourth-order valence-corrected chi connectivity index (χ4v) is 7.69. The Morgan fingerprint density at radius 2 is 1.76 bits per heavy atom. The van der Waals surface area contributed by atoms with Crippen molar-refractivity contribution in [3.05, 3.63) is 53.0 Å². The van der Waals surface area contributed by atoms with E-state index in [2.05, 4.69) is 25.1 Å². The first-order valence-electron chi connectivity index (χ1n) is 15.9. The van der Waals surface area contributed by atoms with Gasteiger partial charge in [-0.1, -0.05) is 0 Å². The number of amides is 2. The van der Waals surface area contributed by atoms with Crippen molar-refractivity contribution in [2.45, 2.75) is 57.6 Å². The number of nitrogens with one attached hydrogen (secondary N) is 2. The van der Waals surface area contributed by atoms with Crippen molar-refractivity contribution in [1.29, 1.82) is 5.26 Å². The molecule has 2 aromatic heterocycles. The summed E-state index contributed by atoms with van der Waals surface area (Å²) in [6.07, 6.45) is 2.43. The molecule has 5 rings (SSSR count). The Morgan fingerprint density at radius 1 is 1.04 bits per heavy atom. The quantitative estimate of drug-likeness (QED) is 0.287. The van der Waals surface area contributed by atoms with Crippen LogP contribution in [0.3, 0.4) is 0 Å². The highest BCUT2D eigenvalue weighted by molar-refractivity contribution is 7.92. The van der Waals surface area contributed by atoms with Crippen molar-refractivity contribution in [1.82, 2.24) is 29.4 Å². The summed E-state index contributed by atoms with van der Waals surface area (Å²) >= 11 is 0. The summed E-state index contributed by atoms with van der Waals surface area (Å²) in [5.41, 5.74) is 1.44. The van der Waals surface area contributed by atoms with Crippen LogP contribution in [0.2, 0.25) is 0 Å². The number of carbonyl (C=O) groups excluding carboxylic acids is 2. The molecule has 50 heavy (non-hydrogen) atoms. The van der Waals surface area contributed by atoms with E-state index in [-0.39, 0.29) is 54.7 Å². The van der Waals surface area contributed by atoms with Gasteiger partial charge in [0.15, 0.2) is 5.82 Å². The van der Waals surface area contributed by atoms with Crippen LogP contribution in [0.25, 0.3) is 0 Å². The number of hydrogen-bond donors (Lipinski definition) is 2. The van der Waals surface area contributed by atoms with Gasteiger partial charge < -0.3 is 19.9 Å². The SMILES string of the molecule is Cc1cc(C#N)nc(N2CCN(S(=O)(=O)c3ccc4c(c3)CCN4C(=O)c3cnn(CCCNC(=O)OC(C)(C)C)c3NS(C)(=O)=O)CC2)n1. The van der Waals surface area contributed by atoms with Crippen molar-refractivity contribution in [3.63, 3.8) is 0 Å². The van der Waals surface area contributed by atoms with E-state index < -0.39 is 37.6 Å². The lowest BCUT2D eigenvalue weighted by Crippen LogP contribution is -2.49. The van der Waals surface area contributed by atoms with Crippen LogP contribution in [-0.4, -0.2) is 104 Å². The van der Waals surface area contributed by atoms with E-state index in [1.807, 2.05) is 11.0 Å².